The normalized spacial score (nSPS) is 12.2. The Hall–Kier alpha value is -1.62. The van der Waals surface area contributed by atoms with Gasteiger partial charge in [-0.2, -0.15) is 0 Å². The van der Waals surface area contributed by atoms with Gasteiger partial charge in [-0.25, -0.2) is 0 Å². The van der Waals surface area contributed by atoms with Crippen molar-refractivity contribution >= 4 is 5.97 Å². The first-order chi connectivity index (χ1) is 8.04. The fraction of sp³-hybridized carbons (Fsp3) is 0.500. The molecule has 17 heavy (non-hydrogen) atoms. The van der Waals surface area contributed by atoms with Crippen LogP contribution in [0.25, 0.3) is 0 Å². The molecule has 0 spiro atoms. The molecule has 0 aliphatic carbocycles. The standard InChI is InChI=1S/C12H17NO4/c1-9-5-4-6-13(12(9)15)7-11(14)17-10(2)8-16-3/h4-6,10H,7-8H2,1-3H3. The molecule has 1 aromatic heterocycles. The SMILES string of the molecule is COCC(C)OC(=O)Cn1cccc(C)c1=O. The molecule has 0 saturated heterocycles. The summed E-state index contributed by atoms with van der Waals surface area (Å²) in [6.45, 7) is 3.71. The molecule has 94 valence electrons. The molecule has 1 unspecified atom stereocenters. The molecule has 0 amide bonds. The lowest BCUT2D eigenvalue weighted by atomic mass is 10.3. The van der Waals surface area contributed by atoms with Gasteiger partial charge in [0.1, 0.15) is 12.6 Å². The fourth-order valence-corrected chi connectivity index (χ4v) is 1.45. The van der Waals surface area contributed by atoms with Crippen molar-refractivity contribution < 1.29 is 14.3 Å². The van der Waals surface area contributed by atoms with Gasteiger partial charge in [0.15, 0.2) is 0 Å². The predicted molar refractivity (Wildman–Crippen MR) is 62.9 cm³/mol. The topological polar surface area (TPSA) is 57.5 Å². The van der Waals surface area contributed by atoms with E-state index >= 15 is 0 Å². The number of ether oxygens (including phenoxy) is 2. The number of pyridine rings is 1. The zero-order chi connectivity index (χ0) is 12.8. The highest BCUT2D eigenvalue weighted by atomic mass is 16.6. The number of carbonyl (C=O) groups is 1. The largest absolute Gasteiger partial charge is 0.459 e. The molecule has 1 atom stereocenters. The van der Waals surface area contributed by atoms with Gasteiger partial charge in [0.05, 0.1) is 6.61 Å². The Morgan fingerprint density at radius 3 is 2.88 bits per heavy atom. The summed E-state index contributed by atoms with van der Waals surface area (Å²) >= 11 is 0. The molecule has 0 bridgehead atoms. The molecule has 0 saturated carbocycles. The van der Waals surface area contributed by atoms with Crippen LogP contribution >= 0.6 is 0 Å². The van der Waals surface area contributed by atoms with Crippen molar-refractivity contribution in [3.63, 3.8) is 0 Å². The maximum Gasteiger partial charge on any atom is 0.326 e. The Kier molecular flexibility index (Phi) is 4.90. The Morgan fingerprint density at radius 2 is 2.24 bits per heavy atom. The Balaban J connectivity index is 2.62. The summed E-state index contributed by atoms with van der Waals surface area (Å²) in [4.78, 5) is 23.2. The van der Waals surface area contributed by atoms with Gasteiger partial charge in [0.25, 0.3) is 5.56 Å². The van der Waals surface area contributed by atoms with E-state index in [2.05, 4.69) is 0 Å². The number of hydrogen-bond donors (Lipinski definition) is 0. The average molecular weight is 239 g/mol. The number of carbonyl (C=O) groups excluding carboxylic acids is 1. The summed E-state index contributed by atoms with van der Waals surface area (Å²) in [5.74, 6) is -0.442. The van der Waals surface area contributed by atoms with Gasteiger partial charge < -0.3 is 14.0 Å². The molecule has 1 heterocycles. The second-order valence-corrected chi connectivity index (χ2v) is 3.88. The van der Waals surface area contributed by atoms with Crippen LogP contribution in [0.1, 0.15) is 12.5 Å². The molecule has 1 rings (SSSR count). The van der Waals surface area contributed by atoms with Crippen LogP contribution in [0.3, 0.4) is 0 Å². The summed E-state index contributed by atoms with van der Waals surface area (Å²) in [6.07, 6.45) is 1.26. The second-order valence-electron chi connectivity index (χ2n) is 3.88. The maximum atomic E-state index is 11.6. The lowest BCUT2D eigenvalue weighted by Crippen LogP contribution is -2.28. The lowest BCUT2D eigenvalue weighted by molar-refractivity contribution is -0.151. The van der Waals surface area contributed by atoms with Crippen LogP contribution < -0.4 is 5.56 Å². The van der Waals surface area contributed by atoms with Crippen LogP contribution in [0.2, 0.25) is 0 Å². The third-order valence-corrected chi connectivity index (χ3v) is 2.24. The van der Waals surface area contributed by atoms with Gasteiger partial charge in [0, 0.05) is 18.9 Å². The van der Waals surface area contributed by atoms with E-state index in [-0.39, 0.29) is 18.2 Å². The van der Waals surface area contributed by atoms with E-state index < -0.39 is 5.97 Å². The van der Waals surface area contributed by atoms with Crippen molar-refractivity contribution in [1.82, 2.24) is 4.57 Å². The summed E-state index contributed by atoms with van der Waals surface area (Å²) in [5.41, 5.74) is 0.425. The first kappa shape index (κ1) is 13.4. The zero-order valence-corrected chi connectivity index (χ0v) is 10.3. The Bertz CT molecular complexity index is 438. The van der Waals surface area contributed by atoms with Gasteiger partial charge in [-0.15, -0.1) is 0 Å². The van der Waals surface area contributed by atoms with Gasteiger partial charge in [-0.3, -0.25) is 9.59 Å². The molecule has 5 nitrogen and oxygen atoms in total. The molecule has 5 heteroatoms. The Labute approximate surface area is 100.0 Å². The molecule has 0 aliphatic heterocycles. The number of hydrogen-bond acceptors (Lipinski definition) is 4. The van der Waals surface area contributed by atoms with Crippen molar-refractivity contribution in [3.05, 3.63) is 34.2 Å². The smallest absolute Gasteiger partial charge is 0.326 e. The summed E-state index contributed by atoms with van der Waals surface area (Å²) in [6, 6.07) is 3.43. The number of esters is 1. The van der Waals surface area contributed by atoms with E-state index in [1.165, 1.54) is 11.7 Å². The summed E-state index contributed by atoms with van der Waals surface area (Å²) < 4.78 is 11.2. The molecule has 0 N–H and O–H groups in total. The van der Waals surface area contributed by atoms with E-state index in [9.17, 15) is 9.59 Å². The minimum atomic E-state index is -0.442. The predicted octanol–water partition coefficient (Wildman–Crippen LogP) is 0.735. The average Bonchev–Trinajstić information content (AvgIpc) is 2.25. The third kappa shape index (κ3) is 4.03. The summed E-state index contributed by atoms with van der Waals surface area (Å²) in [7, 11) is 1.54. The van der Waals surface area contributed by atoms with Gasteiger partial charge in [-0.05, 0) is 19.9 Å². The zero-order valence-electron chi connectivity index (χ0n) is 10.3. The van der Waals surface area contributed by atoms with E-state index in [4.69, 9.17) is 9.47 Å². The Morgan fingerprint density at radius 1 is 1.53 bits per heavy atom. The molecule has 0 fully saturated rings. The highest BCUT2D eigenvalue weighted by Crippen LogP contribution is 1.95. The molecule has 1 aromatic rings. The summed E-state index contributed by atoms with van der Waals surface area (Å²) in [5, 5.41) is 0. The maximum absolute atomic E-state index is 11.6. The van der Waals surface area contributed by atoms with Gasteiger partial charge in [-0.1, -0.05) is 6.07 Å². The monoisotopic (exact) mass is 239 g/mol. The van der Waals surface area contributed by atoms with E-state index in [1.54, 1.807) is 32.2 Å². The quantitative estimate of drug-likeness (QED) is 0.711. The van der Waals surface area contributed by atoms with Crippen molar-refractivity contribution in [2.45, 2.75) is 26.5 Å². The van der Waals surface area contributed by atoms with E-state index in [0.717, 1.165) is 0 Å². The highest BCUT2D eigenvalue weighted by Gasteiger charge is 2.10. The van der Waals surface area contributed by atoms with Gasteiger partial charge in [0.2, 0.25) is 0 Å². The van der Waals surface area contributed by atoms with Crippen LogP contribution in [0, 0.1) is 6.92 Å². The van der Waals surface area contributed by atoms with Crippen LogP contribution in [0.5, 0.6) is 0 Å². The number of aryl methyl sites for hydroxylation is 1. The minimum absolute atomic E-state index is 0.0748. The third-order valence-electron chi connectivity index (χ3n) is 2.24. The molecule has 0 aromatic carbocycles. The van der Waals surface area contributed by atoms with Crippen molar-refractivity contribution in [2.75, 3.05) is 13.7 Å². The van der Waals surface area contributed by atoms with Crippen molar-refractivity contribution in [2.24, 2.45) is 0 Å². The first-order valence-corrected chi connectivity index (χ1v) is 5.39. The number of nitrogens with zero attached hydrogens (tertiary/aromatic N) is 1. The van der Waals surface area contributed by atoms with Crippen LogP contribution in [-0.2, 0) is 20.8 Å². The van der Waals surface area contributed by atoms with Crippen molar-refractivity contribution in [3.8, 4) is 0 Å². The fourth-order valence-electron chi connectivity index (χ4n) is 1.45. The van der Waals surface area contributed by atoms with Gasteiger partial charge >= 0.3 is 5.97 Å². The van der Waals surface area contributed by atoms with E-state index in [0.29, 0.717) is 12.2 Å². The van der Waals surface area contributed by atoms with Crippen LogP contribution in [-0.4, -0.2) is 30.4 Å². The second kappa shape index (κ2) is 6.20. The molecule has 0 aliphatic rings. The number of aromatic nitrogens is 1. The highest BCUT2D eigenvalue weighted by molar-refractivity contribution is 5.69. The van der Waals surface area contributed by atoms with Crippen LogP contribution in [0.4, 0.5) is 0 Å². The van der Waals surface area contributed by atoms with E-state index in [1.807, 2.05) is 0 Å². The molecular weight excluding hydrogens is 222 g/mol. The van der Waals surface area contributed by atoms with Crippen molar-refractivity contribution in [1.29, 1.82) is 0 Å². The molecular formula is C12H17NO4. The number of methoxy groups -OCH3 is 1. The molecule has 0 radical (unpaired) electrons. The van der Waals surface area contributed by atoms with Crippen LogP contribution in [0.15, 0.2) is 23.1 Å². The lowest BCUT2D eigenvalue weighted by Gasteiger charge is -2.12. The first-order valence-electron chi connectivity index (χ1n) is 5.39. The minimum Gasteiger partial charge on any atom is -0.459 e. The number of rotatable bonds is 5.